The van der Waals surface area contributed by atoms with E-state index in [0.717, 1.165) is 58.0 Å². The van der Waals surface area contributed by atoms with Crippen LogP contribution in [0.25, 0.3) is 0 Å². The molecule has 1 aromatic carbocycles. The fourth-order valence-corrected chi connectivity index (χ4v) is 4.07. The number of hydrogen-bond acceptors (Lipinski definition) is 6. The average Bonchev–Trinajstić information content (AvgIpc) is 3.31. The van der Waals surface area contributed by atoms with Gasteiger partial charge in [-0.1, -0.05) is 12.8 Å². The molecular weight excluding hydrogens is 412 g/mol. The van der Waals surface area contributed by atoms with Crippen molar-refractivity contribution in [3.05, 3.63) is 23.8 Å². The van der Waals surface area contributed by atoms with E-state index in [1.165, 1.54) is 6.07 Å². The Hall–Kier alpha value is -2.77. The summed E-state index contributed by atoms with van der Waals surface area (Å²) in [5.74, 6) is -0.211. The van der Waals surface area contributed by atoms with Crippen LogP contribution in [0.15, 0.2) is 18.2 Å². The summed E-state index contributed by atoms with van der Waals surface area (Å²) in [7, 11) is 0. The second-order valence-corrected chi connectivity index (χ2v) is 8.36. The third-order valence-corrected chi connectivity index (χ3v) is 5.89. The Morgan fingerprint density at radius 2 is 1.75 bits per heavy atom. The molecule has 1 heterocycles. The number of carbonyl (C=O) groups is 3. The van der Waals surface area contributed by atoms with Crippen molar-refractivity contribution >= 4 is 17.8 Å². The molecule has 8 heteroatoms. The quantitative estimate of drug-likeness (QED) is 0.586. The first-order valence-corrected chi connectivity index (χ1v) is 11.7. The first kappa shape index (κ1) is 23.9. The van der Waals surface area contributed by atoms with Crippen molar-refractivity contribution in [2.75, 3.05) is 26.3 Å². The summed E-state index contributed by atoms with van der Waals surface area (Å²) in [5.41, 5.74) is 0.253. The van der Waals surface area contributed by atoms with Crippen molar-refractivity contribution in [2.24, 2.45) is 0 Å². The van der Waals surface area contributed by atoms with E-state index in [1.54, 1.807) is 19.1 Å². The number of piperidine rings is 1. The summed E-state index contributed by atoms with van der Waals surface area (Å²) < 4.78 is 16.7. The maximum Gasteiger partial charge on any atom is 0.339 e. The molecule has 1 saturated heterocycles. The molecule has 2 aliphatic rings. The Morgan fingerprint density at radius 3 is 2.44 bits per heavy atom. The van der Waals surface area contributed by atoms with Crippen LogP contribution in [0, 0.1) is 0 Å². The lowest BCUT2D eigenvalue weighted by atomic mass is 10.1. The molecule has 3 rings (SSSR count). The number of carbonyl (C=O) groups excluding carboxylic acids is 3. The van der Waals surface area contributed by atoms with E-state index < -0.39 is 12.1 Å². The minimum absolute atomic E-state index is 0.0577. The molecule has 176 valence electrons. The number of amides is 2. The Bertz CT molecular complexity index is 800. The van der Waals surface area contributed by atoms with Gasteiger partial charge in [-0.2, -0.15) is 0 Å². The summed E-state index contributed by atoms with van der Waals surface area (Å²) in [4.78, 5) is 39.1. The van der Waals surface area contributed by atoms with E-state index in [0.29, 0.717) is 18.1 Å². The topological polar surface area (TPSA) is 94.2 Å². The normalized spacial score (nSPS) is 17.5. The van der Waals surface area contributed by atoms with Gasteiger partial charge in [0.25, 0.3) is 11.8 Å². The lowest BCUT2D eigenvalue weighted by Crippen LogP contribution is -2.40. The highest BCUT2D eigenvalue weighted by atomic mass is 16.5. The van der Waals surface area contributed by atoms with E-state index in [4.69, 9.17) is 14.2 Å². The molecule has 1 aliphatic carbocycles. The number of nitrogens with zero attached hydrogens (tertiary/aromatic N) is 1. The van der Waals surface area contributed by atoms with Crippen molar-refractivity contribution in [3.63, 3.8) is 0 Å². The second kappa shape index (κ2) is 11.7. The van der Waals surface area contributed by atoms with E-state index in [1.807, 2.05) is 11.8 Å². The molecule has 2 fully saturated rings. The maximum absolute atomic E-state index is 12.6. The molecule has 8 nitrogen and oxygen atoms in total. The Morgan fingerprint density at radius 1 is 1.03 bits per heavy atom. The maximum atomic E-state index is 12.6. The van der Waals surface area contributed by atoms with Gasteiger partial charge in [0.2, 0.25) is 0 Å². The molecule has 0 unspecified atom stereocenters. The van der Waals surface area contributed by atoms with Gasteiger partial charge in [0, 0.05) is 19.1 Å². The molecule has 1 aliphatic heterocycles. The number of nitrogens with one attached hydrogen (secondary N) is 1. The monoisotopic (exact) mass is 446 g/mol. The first-order chi connectivity index (χ1) is 15.5. The molecule has 0 aromatic heterocycles. The molecule has 1 saturated carbocycles. The number of esters is 1. The predicted molar refractivity (Wildman–Crippen MR) is 119 cm³/mol. The van der Waals surface area contributed by atoms with Crippen molar-refractivity contribution < 1.29 is 28.6 Å². The van der Waals surface area contributed by atoms with Gasteiger partial charge in [0.15, 0.2) is 24.2 Å². The van der Waals surface area contributed by atoms with Crippen molar-refractivity contribution in [1.29, 1.82) is 0 Å². The molecular formula is C24H34N2O6. The highest BCUT2D eigenvalue weighted by Gasteiger charge is 2.24. The van der Waals surface area contributed by atoms with Crippen LogP contribution >= 0.6 is 0 Å². The Balaban J connectivity index is 1.57. The van der Waals surface area contributed by atoms with Gasteiger partial charge in [-0.25, -0.2) is 4.79 Å². The van der Waals surface area contributed by atoms with Gasteiger partial charge < -0.3 is 24.4 Å². The van der Waals surface area contributed by atoms with Crippen LogP contribution in [-0.2, 0) is 14.3 Å². The van der Waals surface area contributed by atoms with Crippen LogP contribution in [0.1, 0.15) is 69.2 Å². The molecule has 32 heavy (non-hydrogen) atoms. The first-order valence-electron chi connectivity index (χ1n) is 11.7. The Kier molecular flexibility index (Phi) is 8.76. The number of hydrogen-bond donors (Lipinski definition) is 1. The van der Waals surface area contributed by atoms with Crippen LogP contribution in [0.3, 0.4) is 0 Å². The van der Waals surface area contributed by atoms with Crippen molar-refractivity contribution in [2.45, 2.75) is 70.9 Å². The SMILES string of the molecule is CCOc1cc(C(=O)O[C@@H](C)C(=O)NC2CCCC2)ccc1OCC(=O)N1CCCCC1. The van der Waals surface area contributed by atoms with E-state index in [2.05, 4.69) is 5.32 Å². The Labute approximate surface area is 189 Å². The largest absolute Gasteiger partial charge is 0.490 e. The minimum atomic E-state index is -0.892. The zero-order chi connectivity index (χ0) is 22.9. The highest BCUT2D eigenvalue weighted by molar-refractivity contribution is 5.93. The van der Waals surface area contributed by atoms with Crippen molar-refractivity contribution in [1.82, 2.24) is 10.2 Å². The standard InChI is InChI=1S/C24H34N2O6/c1-3-30-21-15-18(24(29)32-17(2)23(28)25-19-9-5-6-10-19)11-12-20(21)31-16-22(27)26-13-7-4-8-14-26/h11-12,15,17,19H,3-10,13-14,16H2,1-2H3,(H,25,28)/t17-/m0/s1. The highest BCUT2D eigenvalue weighted by Crippen LogP contribution is 2.29. The summed E-state index contributed by atoms with van der Waals surface area (Å²) in [6, 6.07) is 4.83. The molecule has 1 aromatic rings. The predicted octanol–water partition coefficient (Wildman–Crippen LogP) is 3.08. The molecule has 1 atom stereocenters. The fourth-order valence-electron chi connectivity index (χ4n) is 4.07. The molecule has 0 spiro atoms. The second-order valence-electron chi connectivity index (χ2n) is 8.36. The van der Waals surface area contributed by atoms with Crippen molar-refractivity contribution in [3.8, 4) is 11.5 Å². The van der Waals surface area contributed by atoms with E-state index in [9.17, 15) is 14.4 Å². The third kappa shape index (κ3) is 6.61. The summed E-state index contributed by atoms with van der Waals surface area (Å²) in [5, 5.41) is 2.93. The zero-order valence-corrected chi connectivity index (χ0v) is 19.1. The van der Waals surface area contributed by atoms with E-state index in [-0.39, 0.29) is 30.0 Å². The smallest absolute Gasteiger partial charge is 0.339 e. The van der Waals surface area contributed by atoms with Gasteiger partial charge in [-0.15, -0.1) is 0 Å². The molecule has 2 amide bonds. The lowest BCUT2D eigenvalue weighted by molar-refractivity contribution is -0.134. The fraction of sp³-hybridized carbons (Fsp3) is 0.625. The summed E-state index contributed by atoms with van der Waals surface area (Å²) in [6.45, 7) is 5.20. The average molecular weight is 447 g/mol. The van der Waals surface area contributed by atoms with E-state index >= 15 is 0 Å². The molecule has 0 bridgehead atoms. The number of rotatable bonds is 9. The van der Waals surface area contributed by atoms with Crippen LogP contribution in [-0.4, -0.2) is 61.1 Å². The lowest BCUT2D eigenvalue weighted by Gasteiger charge is -2.26. The van der Waals surface area contributed by atoms with Crippen LogP contribution < -0.4 is 14.8 Å². The number of ether oxygens (including phenoxy) is 3. The van der Waals surface area contributed by atoms with Crippen LogP contribution in [0.4, 0.5) is 0 Å². The summed E-state index contributed by atoms with van der Waals surface area (Å²) in [6.07, 6.45) is 6.44. The summed E-state index contributed by atoms with van der Waals surface area (Å²) >= 11 is 0. The third-order valence-electron chi connectivity index (χ3n) is 5.89. The van der Waals surface area contributed by atoms with Crippen LogP contribution in [0.2, 0.25) is 0 Å². The van der Waals surface area contributed by atoms with Gasteiger partial charge in [-0.05, 0) is 64.2 Å². The zero-order valence-electron chi connectivity index (χ0n) is 19.1. The molecule has 1 N–H and O–H groups in total. The van der Waals surface area contributed by atoms with Gasteiger partial charge >= 0.3 is 5.97 Å². The minimum Gasteiger partial charge on any atom is -0.490 e. The number of benzene rings is 1. The molecule has 0 radical (unpaired) electrons. The van der Waals surface area contributed by atoms with Gasteiger partial charge in [0.1, 0.15) is 0 Å². The van der Waals surface area contributed by atoms with Gasteiger partial charge in [0.05, 0.1) is 12.2 Å². The van der Waals surface area contributed by atoms with Crippen LogP contribution in [0.5, 0.6) is 11.5 Å². The number of likely N-dealkylation sites (tertiary alicyclic amines) is 1. The van der Waals surface area contributed by atoms with Gasteiger partial charge in [-0.3, -0.25) is 9.59 Å².